The number of benzene rings is 1. The molecule has 2 aliphatic rings. The second-order valence-electron chi connectivity index (χ2n) is 8.32. The van der Waals surface area contributed by atoms with E-state index in [1.807, 2.05) is 36.9 Å². The molecule has 29 heavy (non-hydrogen) atoms. The number of rotatable bonds is 5. The molecule has 0 bridgehead atoms. The Morgan fingerprint density at radius 2 is 1.72 bits per heavy atom. The first-order valence-electron chi connectivity index (χ1n) is 10.5. The lowest BCUT2D eigenvalue weighted by Gasteiger charge is -2.34. The van der Waals surface area contributed by atoms with Crippen LogP contribution in [0.15, 0.2) is 30.3 Å². The summed E-state index contributed by atoms with van der Waals surface area (Å²) in [7, 11) is 0. The first-order valence-corrected chi connectivity index (χ1v) is 10.5. The highest BCUT2D eigenvalue weighted by Gasteiger charge is 2.28. The third-order valence-corrected chi connectivity index (χ3v) is 5.99. The van der Waals surface area contributed by atoms with Crippen LogP contribution in [0.4, 0.5) is 0 Å². The van der Waals surface area contributed by atoms with E-state index in [1.54, 1.807) is 0 Å². The van der Waals surface area contributed by atoms with Crippen molar-refractivity contribution >= 4 is 11.8 Å². The maximum atomic E-state index is 13.2. The molecule has 0 atom stereocenters. The number of amides is 2. The summed E-state index contributed by atoms with van der Waals surface area (Å²) in [6, 6.07) is 10.6. The molecule has 1 aromatic carbocycles. The molecule has 0 unspecified atom stereocenters. The van der Waals surface area contributed by atoms with Crippen LogP contribution in [0, 0.1) is 20.8 Å². The molecular formula is C23H30N4O2. The highest BCUT2D eigenvalue weighted by Crippen LogP contribution is 2.24. The number of para-hydroxylation sites is 1. The summed E-state index contributed by atoms with van der Waals surface area (Å²) in [5.41, 5.74) is 5.12. The minimum absolute atomic E-state index is 0.0833. The van der Waals surface area contributed by atoms with E-state index in [0.717, 1.165) is 48.6 Å². The standard InChI is InChI=1S/C23H30N4O2/c1-16-6-4-5-7-21(16)27-17(2)14-20(18(27)3)23(29)26-12-10-25(11-13-26)15-22(28)24-19-8-9-19/h4-7,14,19H,8-13,15H2,1-3H3,(H,24,28). The van der Waals surface area contributed by atoms with Gasteiger partial charge in [-0.1, -0.05) is 18.2 Å². The van der Waals surface area contributed by atoms with Gasteiger partial charge >= 0.3 is 0 Å². The normalized spacial score (nSPS) is 17.4. The average Bonchev–Trinajstić information content (AvgIpc) is 3.46. The van der Waals surface area contributed by atoms with Crippen molar-refractivity contribution in [1.82, 2.24) is 19.7 Å². The second kappa shape index (κ2) is 8.03. The van der Waals surface area contributed by atoms with Crippen molar-refractivity contribution in [2.75, 3.05) is 32.7 Å². The fraction of sp³-hybridized carbons (Fsp3) is 0.478. The molecule has 1 saturated carbocycles. The Morgan fingerprint density at radius 3 is 2.38 bits per heavy atom. The zero-order chi connectivity index (χ0) is 20.5. The number of aryl methyl sites for hydroxylation is 2. The summed E-state index contributed by atoms with van der Waals surface area (Å²) < 4.78 is 2.17. The van der Waals surface area contributed by atoms with Gasteiger partial charge in [0, 0.05) is 49.3 Å². The van der Waals surface area contributed by atoms with Crippen LogP contribution in [0.5, 0.6) is 0 Å². The first kappa shape index (κ1) is 19.7. The van der Waals surface area contributed by atoms with E-state index < -0.39 is 0 Å². The first-order chi connectivity index (χ1) is 13.9. The van der Waals surface area contributed by atoms with E-state index in [2.05, 4.69) is 33.8 Å². The third kappa shape index (κ3) is 4.22. The predicted octanol–water partition coefficient (Wildman–Crippen LogP) is 2.44. The molecule has 0 spiro atoms. The van der Waals surface area contributed by atoms with E-state index in [4.69, 9.17) is 0 Å². The van der Waals surface area contributed by atoms with E-state index in [0.29, 0.717) is 25.7 Å². The summed E-state index contributed by atoms with van der Waals surface area (Å²) in [5, 5.41) is 3.03. The van der Waals surface area contributed by atoms with Gasteiger partial charge in [-0.3, -0.25) is 14.5 Å². The number of aromatic nitrogens is 1. The Balaban J connectivity index is 1.42. The molecule has 4 rings (SSSR count). The Labute approximate surface area is 172 Å². The van der Waals surface area contributed by atoms with Gasteiger partial charge in [-0.25, -0.2) is 0 Å². The fourth-order valence-electron chi connectivity index (χ4n) is 4.15. The quantitative estimate of drug-likeness (QED) is 0.848. The number of hydrogen-bond acceptors (Lipinski definition) is 3. The molecule has 1 aliphatic heterocycles. The lowest BCUT2D eigenvalue weighted by molar-refractivity contribution is -0.122. The second-order valence-corrected chi connectivity index (χ2v) is 8.32. The summed E-state index contributed by atoms with van der Waals surface area (Å²) in [6.07, 6.45) is 2.21. The number of carbonyl (C=O) groups is 2. The minimum Gasteiger partial charge on any atom is -0.352 e. The zero-order valence-corrected chi connectivity index (χ0v) is 17.6. The minimum atomic E-state index is 0.0833. The van der Waals surface area contributed by atoms with Crippen LogP contribution in [-0.4, -0.2) is 64.9 Å². The van der Waals surface area contributed by atoms with E-state index in [9.17, 15) is 9.59 Å². The molecule has 1 aliphatic carbocycles. The molecule has 1 aromatic heterocycles. The van der Waals surface area contributed by atoms with Crippen LogP contribution in [0.2, 0.25) is 0 Å². The number of piperazine rings is 1. The van der Waals surface area contributed by atoms with Crippen molar-refractivity contribution in [1.29, 1.82) is 0 Å². The van der Waals surface area contributed by atoms with Crippen molar-refractivity contribution in [2.45, 2.75) is 39.7 Å². The number of carbonyl (C=O) groups excluding carboxylic acids is 2. The molecule has 0 radical (unpaired) electrons. The molecule has 6 nitrogen and oxygen atoms in total. The van der Waals surface area contributed by atoms with Crippen molar-refractivity contribution in [3.05, 3.63) is 52.8 Å². The van der Waals surface area contributed by atoms with Gasteiger partial charge in [-0.05, 0) is 51.3 Å². The summed E-state index contributed by atoms with van der Waals surface area (Å²) in [4.78, 5) is 29.3. The van der Waals surface area contributed by atoms with Crippen molar-refractivity contribution in [2.24, 2.45) is 0 Å². The maximum Gasteiger partial charge on any atom is 0.255 e. The van der Waals surface area contributed by atoms with Gasteiger partial charge in [0.25, 0.3) is 5.91 Å². The van der Waals surface area contributed by atoms with Crippen LogP contribution >= 0.6 is 0 Å². The van der Waals surface area contributed by atoms with Gasteiger partial charge < -0.3 is 14.8 Å². The summed E-state index contributed by atoms with van der Waals surface area (Å²) in [6.45, 7) is 9.38. The van der Waals surface area contributed by atoms with E-state index in [1.165, 1.54) is 5.56 Å². The summed E-state index contributed by atoms with van der Waals surface area (Å²) >= 11 is 0. The maximum absolute atomic E-state index is 13.2. The Kier molecular flexibility index (Phi) is 5.46. The smallest absolute Gasteiger partial charge is 0.255 e. The highest BCUT2D eigenvalue weighted by molar-refractivity contribution is 5.96. The lowest BCUT2D eigenvalue weighted by atomic mass is 10.1. The molecule has 1 saturated heterocycles. The number of hydrogen-bond donors (Lipinski definition) is 1. The largest absolute Gasteiger partial charge is 0.352 e. The highest BCUT2D eigenvalue weighted by atomic mass is 16.2. The molecule has 1 N–H and O–H groups in total. The topological polar surface area (TPSA) is 57.6 Å². The van der Waals surface area contributed by atoms with Crippen molar-refractivity contribution in [3.8, 4) is 5.69 Å². The summed E-state index contributed by atoms with van der Waals surface area (Å²) in [5.74, 6) is 0.189. The van der Waals surface area contributed by atoms with Crippen molar-refractivity contribution < 1.29 is 9.59 Å². The SMILES string of the molecule is Cc1ccccc1-n1c(C)cc(C(=O)N2CCN(CC(=O)NC3CC3)CC2)c1C. The van der Waals surface area contributed by atoms with Gasteiger partial charge in [0.2, 0.25) is 5.91 Å². The molecule has 2 aromatic rings. The molecule has 2 heterocycles. The Bertz CT molecular complexity index is 921. The molecule has 2 fully saturated rings. The monoisotopic (exact) mass is 394 g/mol. The van der Waals surface area contributed by atoms with Crippen LogP contribution in [0.25, 0.3) is 5.69 Å². The molecule has 2 amide bonds. The van der Waals surface area contributed by atoms with Gasteiger partial charge in [0.15, 0.2) is 0 Å². The van der Waals surface area contributed by atoms with Crippen molar-refractivity contribution in [3.63, 3.8) is 0 Å². The van der Waals surface area contributed by atoms with Crippen LogP contribution in [0.3, 0.4) is 0 Å². The van der Waals surface area contributed by atoms with Crippen LogP contribution in [0.1, 0.15) is 40.2 Å². The Hall–Kier alpha value is -2.60. The predicted molar refractivity (Wildman–Crippen MR) is 113 cm³/mol. The van der Waals surface area contributed by atoms with Gasteiger partial charge in [-0.2, -0.15) is 0 Å². The fourth-order valence-corrected chi connectivity index (χ4v) is 4.15. The lowest BCUT2D eigenvalue weighted by Crippen LogP contribution is -2.51. The van der Waals surface area contributed by atoms with Gasteiger partial charge in [0.1, 0.15) is 0 Å². The average molecular weight is 395 g/mol. The molecule has 6 heteroatoms. The zero-order valence-electron chi connectivity index (χ0n) is 17.6. The van der Waals surface area contributed by atoms with E-state index >= 15 is 0 Å². The Morgan fingerprint density at radius 1 is 1.03 bits per heavy atom. The van der Waals surface area contributed by atoms with Gasteiger partial charge in [-0.15, -0.1) is 0 Å². The van der Waals surface area contributed by atoms with Gasteiger partial charge in [0.05, 0.1) is 12.1 Å². The molecule has 154 valence electrons. The number of nitrogens with zero attached hydrogens (tertiary/aromatic N) is 3. The van der Waals surface area contributed by atoms with E-state index in [-0.39, 0.29) is 11.8 Å². The van der Waals surface area contributed by atoms with Crippen LogP contribution in [-0.2, 0) is 4.79 Å². The third-order valence-electron chi connectivity index (χ3n) is 5.99. The molecular weight excluding hydrogens is 364 g/mol. The number of nitrogens with one attached hydrogen (secondary N) is 1. The van der Waals surface area contributed by atoms with Crippen LogP contribution < -0.4 is 5.32 Å².